The Kier molecular flexibility index (Phi) is 5.56. The van der Waals surface area contributed by atoms with E-state index in [1.165, 1.54) is 17.5 Å². The van der Waals surface area contributed by atoms with E-state index >= 15 is 0 Å². The number of hydrogen-bond acceptors (Lipinski definition) is 6. The number of aromatic nitrogens is 2. The summed E-state index contributed by atoms with van der Waals surface area (Å²) < 4.78 is 11.4. The van der Waals surface area contributed by atoms with Crippen molar-refractivity contribution in [3.05, 3.63) is 41.2 Å². The van der Waals surface area contributed by atoms with E-state index in [0.29, 0.717) is 32.0 Å². The van der Waals surface area contributed by atoms with Crippen molar-refractivity contribution in [2.45, 2.75) is 52.2 Å². The van der Waals surface area contributed by atoms with Gasteiger partial charge in [-0.2, -0.15) is 0 Å². The highest BCUT2D eigenvalue weighted by atomic mass is 16.5. The molecular formula is C22H28N4O3. The third-order valence-electron chi connectivity index (χ3n) is 5.72. The van der Waals surface area contributed by atoms with Crippen LogP contribution in [0.1, 0.15) is 36.5 Å². The monoisotopic (exact) mass is 396 g/mol. The Morgan fingerprint density at radius 3 is 2.72 bits per heavy atom. The molecule has 1 aromatic heterocycles. The van der Waals surface area contributed by atoms with E-state index in [-0.39, 0.29) is 11.9 Å². The largest absolute Gasteiger partial charge is 0.480 e. The second kappa shape index (κ2) is 8.27. The first-order valence-electron chi connectivity index (χ1n) is 10.3. The normalized spacial score (nSPS) is 18.9. The van der Waals surface area contributed by atoms with Crippen molar-refractivity contribution in [3.8, 4) is 11.6 Å². The Balaban J connectivity index is 1.31. The SMILES string of the molecule is CCOc1cc(NC2CCN(C(=O)C3Cc4cc(C)c(C)cc4O3)CC2)ncn1. The number of anilines is 1. The predicted molar refractivity (Wildman–Crippen MR) is 110 cm³/mol. The lowest BCUT2D eigenvalue weighted by Crippen LogP contribution is -2.47. The molecule has 7 nitrogen and oxygen atoms in total. The summed E-state index contributed by atoms with van der Waals surface area (Å²) in [6, 6.07) is 6.28. The van der Waals surface area contributed by atoms with E-state index in [1.54, 1.807) is 0 Å². The number of piperidine rings is 1. The first-order chi connectivity index (χ1) is 14.0. The molecular weight excluding hydrogens is 368 g/mol. The number of carbonyl (C=O) groups excluding carboxylic acids is 1. The molecule has 2 aliphatic rings. The van der Waals surface area contributed by atoms with Crippen molar-refractivity contribution >= 4 is 11.7 Å². The van der Waals surface area contributed by atoms with Crippen LogP contribution in [0.3, 0.4) is 0 Å². The van der Waals surface area contributed by atoms with Crippen LogP contribution in [-0.4, -0.2) is 52.6 Å². The molecule has 4 rings (SSSR count). The molecule has 1 saturated heterocycles. The van der Waals surface area contributed by atoms with E-state index in [4.69, 9.17) is 9.47 Å². The van der Waals surface area contributed by atoms with Crippen LogP contribution in [0.25, 0.3) is 0 Å². The van der Waals surface area contributed by atoms with Gasteiger partial charge in [0.25, 0.3) is 5.91 Å². The third-order valence-corrected chi connectivity index (χ3v) is 5.72. The molecule has 0 aliphatic carbocycles. The van der Waals surface area contributed by atoms with Gasteiger partial charge in [-0.25, -0.2) is 9.97 Å². The number of amides is 1. The number of ether oxygens (including phenoxy) is 2. The van der Waals surface area contributed by atoms with Crippen LogP contribution in [0.2, 0.25) is 0 Å². The van der Waals surface area contributed by atoms with E-state index in [2.05, 4.69) is 35.2 Å². The van der Waals surface area contributed by atoms with Crippen LogP contribution in [0.5, 0.6) is 11.6 Å². The maximum atomic E-state index is 13.0. The van der Waals surface area contributed by atoms with Gasteiger partial charge in [0.2, 0.25) is 5.88 Å². The lowest BCUT2D eigenvalue weighted by Gasteiger charge is -2.33. The molecule has 1 aromatic carbocycles. The van der Waals surface area contributed by atoms with Gasteiger partial charge in [-0.3, -0.25) is 4.79 Å². The van der Waals surface area contributed by atoms with Gasteiger partial charge in [-0.1, -0.05) is 6.07 Å². The topological polar surface area (TPSA) is 76.6 Å². The summed E-state index contributed by atoms with van der Waals surface area (Å²) >= 11 is 0. The van der Waals surface area contributed by atoms with Crippen LogP contribution in [-0.2, 0) is 11.2 Å². The molecule has 1 atom stereocenters. The highest BCUT2D eigenvalue weighted by molar-refractivity contribution is 5.83. The summed E-state index contributed by atoms with van der Waals surface area (Å²) in [6.45, 7) is 8.10. The van der Waals surface area contributed by atoms with E-state index < -0.39 is 6.10 Å². The number of nitrogens with one attached hydrogen (secondary N) is 1. The smallest absolute Gasteiger partial charge is 0.263 e. The summed E-state index contributed by atoms with van der Waals surface area (Å²) in [5.41, 5.74) is 3.57. The second-order valence-corrected chi connectivity index (χ2v) is 7.77. The third kappa shape index (κ3) is 4.28. The Labute approximate surface area is 171 Å². The van der Waals surface area contributed by atoms with E-state index in [1.807, 2.05) is 24.0 Å². The summed E-state index contributed by atoms with van der Waals surface area (Å²) in [4.78, 5) is 23.3. The molecule has 0 saturated carbocycles. The van der Waals surface area contributed by atoms with Gasteiger partial charge in [-0.15, -0.1) is 0 Å². The summed E-state index contributed by atoms with van der Waals surface area (Å²) in [5, 5.41) is 3.43. The van der Waals surface area contributed by atoms with Crippen molar-refractivity contribution in [3.63, 3.8) is 0 Å². The molecule has 2 aromatic rings. The zero-order chi connectivity index (χ0) is 20.4. The maximum absolute atomic E-state index is 13.0. The minimum Gasteiger partial charge on any atom is -0.480 e. The van der Waals surface area contributed by atoms with Crippen molar-refractivity contribution in [1.29, 1.82) is 0 Å². The summed E-state index contributed by atoms with van der Waals surface area (Å²) in [7, 11) is 0. The van der Waals surface area contributed by atoms with Gasteiger partial charge >= 0.3 is 0 Å². The number of fused-ring (bicyclic) bond motifs is 1. The van der Waals surface area contributed by atoms with Crippen LogP contribution in [0.15, 0.2) is 24.5 Å². The molecule has 3 heterocycles. The molecule has 29 heavy (non-hydrogen) atoms. The number of benzene rings is 1. The van der Waals surface area contributed by atoms with Crippen molar-refractivity contribution < 1.29 is 14.3 Å². The zero-order valence-electron chi connectivity index (χ0n) is 17.3. The van der Waals surface area contributed by atoms with Crippen LogP contribution in [0, 0.1) is 13.8 Å². The van der Waals surface area contributed by atoms with Crippen LogP contribution < -0.4 is 14.8 Å². The number of carbonyl (C=O) groups is 1. The average Bonchev–Trinajstić information content (AvgIpc) is 3.11. The molecule has 154 valence electrons. The van der Waals surface area contributed by atoms with E-state index in [0.717, 1.165) is 30.0 Å². The molecule has 1 fully saturated rings. The minimum atomic E-state index is -0.397. The Morgan fingerprint density at radius 2 is 1.97 bits per heavy atom. The lowest BCUT2D eigenvalue weighted by atomic mass is 10.0. The number of aryl methyl sites for hydroxylation is 2. The standard InChI is InChI=1S/C22H28N4O3/c1-4-28-21-12-20(23-13-24-21)25-17-5-7-26(8-6-17)22(27)19-11-16-9-14(2)15(3)10-18(16)29-19/h9-10,12-13,17,19H,4-8,11H2,1-3H3,(H,23,24,25). The fraction of sp³-hybridized carbons (Fsp3) is 0.500. The quantitative estimate of drug-likeness (QED) is 0.838. The fourth-order valence-electron chi connectivity index (χ4n) is 3.95. The number of likely N-dealkylation sites (tertiary alicyclic amines) is 1. The van der Waals surface area contributed by atoms with Gasteiger partial charge in [-0.05, 0) is 56.4 Å². The first-order valence-corrected chi connectivity index (χ1v) is 10.3. The highest BCUT2D eigenvalue weighted by Crippen LogP contribution is 2.32. The van der Waals surface area contributed by atoms with Crippen molar-refractivity contribution in [2.75, 3.05) is 25.0 Å². The molecule has 0 bridgehead atoms. The van der Waals surface area contributed by atoms with E-state index in [9.17, 15) is 4.79 Å². The second-order valence-electron chi connectivity index (χ2n) is 7.77. The van der Waals surface area contributed by atoms with Crippen LogP contribution >= 0.6 is 0 Å². The number of nitrogens with zero attached hydrogens (tertiary/aromatic N) is 3. The van der Waals surface area contributed by atoms with Gasteiger partial charge in [0.05, 0.1) is 6.61 Å². The van der Waals surface area contributed by atoms with Gasteiger partial charge in [0.1, 0.15) is 17.9 Å². The fourth-order valence-corrected chi connectivity index (χ4v) is 3.95. The Morgan fingerprint density at radius 1 is 1.21 bits per heavy atom. The predicted octanol–water partition coefficient (Wildman–Crippen LogP) is 2.90. The summed E-state index contributed by atoms with van der Waals surface area (Å²) in [6.07, 6.45) is 3.51. The first kappa shape index (κ1) is 19.5. The van der Waals surface area contributed by atoms with Gasteiger partial charge < -0.3 is 19.7 Å². The molecule has 7 heteroatoms. The average molecular weight is 396 g/mol. The maximum Gasteiger partial charge on any atom is 0.263 e. The molecule has 1 amide bonds. The molecule has 1 unspecified atom stereocenters. The van der Waals surface area contributed by atoms with Crippen molar-refractivity contribution in [1.82, 2.24) is 14.9 Å². The highest BCUT2D eigenvalue weighted by Gasteiger charge is 2.34. The molecule has 0 radical (unpaired) electrons. The summed E-state index contributed by atoms with van der Waals surface area (Å²) in [5.74, 6) is 2.28. The molecule has 0 spiro atoms. The van der Waals surface area contributed by atoms with Gasteiger partial charge in [0.15, 0.2) is 6.10 Å². The Bertz CT molecular complexity index is 863. The van der Waals surface area contributed by atoms with Crippen molar-refractivity contribution in [2.24, 2.45) is 0 Å². The molecule has 1 N–H and O–H groups in total. The lowest BCUT2D eigenvalue weighted by molar-refractivity contribution is -0.138. The number of rotatable bonds is 5. The Hall–Kier alpha value is -2.83. The zero-order valence-corrected chi connectivity index (χ0v) is 17.3. The molecule has 2 aliphatic heterocycles. The van der Waals surface area contributed by atoms with Gasteiger partial charge in [0, 0.05) is 31.6 Å². The minimum absolute atomic E-state index is 0.0932. The van der Waals surface area contributed by atoms with Crippen LogP contribution in [0.4, 0.5) is 5.82 Å². The number of hydrogen-bond donors (Lipinski definition) is 1.